The van der Waals surface area contributed by atoms with Gasteiger partial charge in [0.1, 0.15) is 0 Å². The Morgan fingerprint density at radius 2 is 1.88 bits per heavy atom. The maximum Gasteiger partial charge on any atom is 0.0375 e. The highest BCUT2D eigenvalue weighted by molar-refractivity contribution is 5.54. The number of benzene rings is 1. The Hall–Kier alpha value is -0.980. The normalized spacial score (nSPS) is 24.3. The van der Waals surface area contributed by atoms with Gasteiger partial charge in [-0.1, -0.05) is 39.8 Å². The molecule has 1 aliphatic rings. The van der Waals surface area contributed by atoms with Crippen LogP contribution < -0.4 is 5.32 Å². The third-order valence-corrected chi connectivity index (χ3v) is 4.06. The number of nitrogens with one attached hydrogen (secondary N) is 1. The van der Waals surface area contributed by atoms with E-state index in [9.17, 15) is 0 Å². The van der Waals surface area contributed by atoms with Crippen LogP contribution in [0.1, 0.15) is 51.7 Å². The fraction of sp³-hybridized carbons (Fsp3) is 0.625. The maximum atomic E-state index is 3.71. The van der Waals surface area contributed by atoms with E-state index in [1.165, 1.54) is 29.7 Å². The number of anilines is 1. The molecular weight excluding hydrogens is 206 g/mol. The van der Waals surface area contributed by atoms with Gasteiger partial charge >= 0.3 is 0 Å². The lowest BCUT2D eigenvalue weighted by atomic mass is 9.80. The minimum atomic E-state index is 0.232. The van der Waals surface area contributed by atoms with E-state index in [-0.39, 0.29) is 5.41 Å². The Morgan fingerprint density at radius 3 is 2.35 bits per heavy atom. The van der Waals surface area contributed by atoms with Crippen molar-refractivity contribution in [2.24, 2.45) is 5.92 Å². The predicted octanol–water partition coefficient (Wildman–Crippen LogP) is 4.50. The van der Waals surface area contributed by atoms with Gasteiger partial charge in [0.15, 0.2) is 0 Å². The van der Waals surface area contributed by atoms with Crippen LogP contribution >= 0.6 is 0 Å². The fourth-order valence-corrected chi connectivity index (χ4v) is 2.32. The summed E-state index contributed by atoms with van der Waals surface area (Å²) in [5.74, 6) is 0.827. The molecule has 94 valence electrons. The summed E-state index contributed by atoms with van der Waals surface area (Å²) < 4.78 is 0. The van der Waals surface area contributed by atoms with E-state index in [1.54, 1.807) is 0 Å². The summed E-state index contributed by atoms with van der Waals surface area (Å²) in [6, 6.07) is 7.51. The second-order valence-electron chi connectivity index (χ2n) is 6.59. The highest BCUT2D eigenvalue weighted by atomic mass is 14.9. The van der Waals surface area contributed by atoms with Crippen molar-refractivity contribution < 1.29 is 0 Å². The van der Waals surface area contributed by atoms with Gasteiger partial charge < -0.3 is 5.32 Å². The Labute approximate surface area is 106 Å². The molecule has 1 fully saturated rings. The molecule has 1 unspecified atom stereocenters. The van der Waals surface area contributed by atoms with Gasteiger partial charge in [-0.2, -0.15) is 0 Å². The van der Waals surface area contributed by atoms with E-state index < -0.39 is 0 Å². The molecule has 0 amide bonds. The van der Waals surface area contributed by atoms with Crippen molar-refractivity contribution in [2.45, 2.75) is 58.9 Å². The molecule has 2 atom stereocenters. The van der Waals surface area contributed by atoms with Gasteiger partial charge in [-0.3, -0.25) is 0 Å². The SMILES string of the molecule is Cc1ccc(C(C)(C)C)cc1NC1CC[C@@H]1C. The molecule has 0 spiro atoms. The quantitative estimate of drug-likeness (QED) is 0.790. The minimum absolute atomic E-state index is 0.232. The Bertz CT molecular complexity index is 400. The summed E-state index contributed by atoms with van der Waals surface area (Å²) in [7, 11) is 0. The topological polar surface area (TPSA) is 12.0 Å². The average Bonchev–Trinajstić information content (AvgIpc) is 2.24. The molecule has 2 rings (SSSR count). The van der Waals surface area contributed by atoms with Crippen LogP contribution in [0.3, 0.4) is 0 Å². The fourth-order valence-electron chi connectivity index (χ4n) is 2.32. The van der Waals surface area contributed by atoms with Crippen molar-refractivity contribution in [1.82, 2.24) is 0 Å². The third-order valence-electron chi connectivity index (χ3n) is 4.06. The van der Waals surface area contributed by atoms with Crippen molar-refractivity contribution in [1.29, 1.82) is 0 Å². The van der Waals surface area contributed by atoms with Crippen molar-refractivity contribution in [3.8, 4) is 0 Å². The molecule has 0 aromatic heterocycles. The van der Waals surface area contributed by atoms with Crippen molar-refractivity contribution in [2.75, 3.05) is 5.32 Å². The summed E-state index contributed by atoms with van der Waals surface area (Å²) in [6.07, 6.45) is 2.69. The maximum absolute atomic E-state index is 3.71. The zero-order valence-electron chi connectivity index (χ0n) is 11.8. The minimum Gasteiger partial charge on any atom is -0.382 e. The lowest BCUT2D eigenvalue weighted by Gasteiger charge is -2.36. The zero-order valence-corrected chi connectivity index (χ0v) is 11.8. The second kappa shape index (κ2) is 4.36. The second-order valence-corrected chi connectivity index (χ2v) is 6.59. The molecule has 1 aromatic carbocycles. The summed E-state index contributed by atoms with van der Waals surface area (Å²) in [5.41, 5.74) is 4.33. The molecule has 1 aliphatic carbocycles. The monoisotopic (exact) mass is 231 g/mol. The molecule has 1 aromatic rings. The molecule has 1 saturated carbocycles. The van der Waals surface area contributed by atoms with E-state index >= 15 is 0 Å². The zero-order chi connectivity index (χ0) is 12.6. The third kappa shape index (κ3) is 2.65. The molecular formula is C16H25N. The van der Waals surface area contributed by atoms with Gasteiger partial charge in [-0.15, -0.1) is 0 Å². The molecule has 1 heteroatoms. The molecule has 17 heavy (non-hydrogen) atoms. The Morgan fingerprint density at radius 1 is 1.18 bits per heavy atom. The lowest BCUT2D eigenvalue weighted by molar-refractivity contribution is 0.303. The van der Waals surface area contributed by atoms with Crippen LogP contribution in [0, 0.1) is 12.8 Å². The number of hydrogen-bond donors (Lipinski definition) is 1. The predicted molar refractivity (Wildman–Crippen MR) is 75.7 cm³/mol. The van der Waals surface area contributed by atoms with E-state index in [4.69, 9.17) is 0 Å². The lowest BCUT2D eigenvalue weighted by Crippen LogP contribution is -2.36. The van der Waals surface area contributed by atoms with Crippen LogP contribution in [-0.4, -0.2) is 6.04 Å². The summed E-state index contributed by atoms with van der Waals surface area (Å²) in [6.45, 7) is 11.3. The molecule has 1 N–H and O–H groups in total. The first kappa shape index (κ1) is 12.5. The van der Waals surface area contributed by atoms with E-state index in [2.05, 4.69) is 58.1 Å². The van der Waals surface area contributed by atoms with Gasteiger partial charge in [-0.25, -0.2) is 0 Å². The number of hydrogen-bond acceptors (Lipinski definition) is 1. The first-order valence-corrected chi connectivity index (χ1v) is 6.75. The van der Waals surface area contributed by atoms with E-state index in [0.29, 0.717) is 6.04 Å². The van der Waals surface area contributed by atoms with Gasteiger partial charge in [0, 0.05) is 11.7 Å². The van der Waals surface area contributed by atoms with E-state index in [0.717, 1.165) is 5.92 Å². The average molecular weight is 231 g/mol. The van der Waals surface area contributed by atoms with Crippen LogP contribution in [0.15, 0.2) is 18.2 Å². The van der Waals surface area contributed by atoms with E-state index in [1.807, 2.05) is 0 Å². The molecule has 0 saturated heterocycles. The molecule has 1 nitrogen and oxygen atoms in total. The van der Waals surface area contributed by atoms with Crippen molar-refractivity contribution >= 4 is 5.69 Å². The Kier molecular flexibility index (Phi) is 3.20. The molecule has 0 radical (unpaired) electrons. The Balaban J connectivity index is 2.20. The molecule has 0 bridgehead atoms. The number of aryl methyl sites for hydroxylation is 1. The van der Waals surface area contributed by atoms with Gasteiger partial charge in [0.05, 0.1) is 0 Å². The summed E-state index contributed by atoms with van der Waals surface area (Å²) in [4.78, 5) is 0. The van der Waals surface area contributed by atoms with Crippen LogP contribution in [0.4, 0.5) is 5.69 Å². The first-order valence-electron chi connectivity index (χ1n) is 6.75. The van der Waals surface area contributed by atoms with Crippen LogP contribution in [0.25, 0.3) is 0 Å². The van der Waals surface area contributed by atoms with Crippen LogP contribution in [0.2, 0.25) is 0 Å². The van der Waals surface area contributed by atoms with Gasteiger partial charge in [-0.05, 0) is 48.3 Å². The standard InChI is InChI=1S/C16H25N/c1-11-7-9-14(11)17-15-10-13(16(3,4)5)8-6-12(15)2/h6,8,10-11,14,17H,7,9H2,1-5H3/t11-,14?/m0/s1. The van der Waals surface area contributed by atoms with Crippen LogP contribution in [-0.2, 0) is 5.41 Å². The first-order chi connectivity index (χ1) is 7.88. The smallest absolute Gasteiger partial charge is 0.0375 e. The van der Waals surface area contributed by atoms with Crippen molar-refractivity contribution in [3.63, 3.8) is 0 Å². The summed E-state index contributed by atoms with van der Waals surface area (Å²) >= 11 is 0. The number of rotatable bonds is 2. The highest BCUT2D eigenvalue weighted by Crippen LogP contribution is 2.32. The largest absolute Gasteiger partial charge is 0.382 e. The van der Waals surface area contributed by atoms with Crippen LogP contribution in [0.5, 0.6) is 0 Å². The van der Waals surface area contributed by atoms with Crippen molar-refractivity contribution in [3.05, 3.63) is 29.3 Å². The highest BCUT2D eigenvalue weighted by Gasteiger charge is 2.27. The van der Waals surface area contributed by atoms with Gasteiger partial charge in [0.25, 0.3) is 0 Å². The summed E-state index contributed by atoms with van der Waals surface area (Å²) in [5, 5.41) is 3.71. The molecule has 0 heterocycles. The molecule has 0 aliphatic heterocycles. The van der Waals surface area contributed by atoms with Gasteiger partial charge in [0.2, 0.25) is 0 Å².